The monoisotopic (exact) mass is 293 g/mol. The highest BCUT2D eigenvalue weighted by Gasteiger charge is 2.34. The van der Waals surface area contributed by atoms with Gasteiger partial charge in [-0.1, -0.05) is 24.3 Å². The first-order valence-electron chi connectivity index (χ1n) is 7.25. The lowest BCUT2D eigenvalue weighted by atomic mass is 10.1. The molecule has 1 N–H and O–H groups in total. The van der Waals surface area contributed by atoms with E-state index in [1.165, 1.54) is 5.69 Å². The van der Waals surface area contributed by atoms with E-state index in [0.29, 0.717) is 12.1 Å². The number of nitrogens with zero attached hydrogens (tertiary/aromatic N) is 3. The fourth-order valence-corrected chi connectivity index (χ4v) is 3.01. The minimum atomic E-state index is -0.899. The van der Waals surface area contributed by atoms with Gasteiger partial charge in [0, 0.05) is 6.54 Å². The van der Waals surface area contributed by atoms with Crippen LogP contribution in [0.2, 0.25) is 0 Å². The van der Waals surface area contributed by atoms with E-state index in [4.69, 9.17) is 5.11 Å². The molecule has 110 valence electrons. The molecule has 0 aliphatic carbocycles. The first kappa shape index (κ1) is 12.9. The van der Waals surface area contributed by atoms with E-state index in [1.807, 2.05) is 24.3 Å². The summed E-state index contributed by atoms with van der Waals surface area (Å²) >= 11 is 0. The molecular formula is C17H15N3O2. The van der Waals surface area contributed by atoms with Crippen LogP contribution in [0.3, 0.4) is 0 Å². The van der Waals surface area contributed by atoms with Crippen LogP contribution in [0.4, 0.5) is 11.4 Å². The molecule has 0 unspecified atom stereocenters. The maximum atomic E-state index is 10.9. The summed E-state index contributed by atoms with van der Waals surface area (Å²) in [5, 5.41) is 8.98. The number of hydrogen-bond acceptors (Lipinski definition) is 4. The molecule has 2 aliphatic rings. The number of para-hydroxylation sites is 2. The van der Waals surface area contributed by atoms with E-state index in [9.17, 15) is 4.79 Å². The van der Waals surface area contributed by atoms with Crippen molar-refractivity contribution in [2.24, 2.45) is 4.99 Å². The van der Waals surface area contributed by atoms with Crippen LogP contribution >= 0.6 is 0 Å². The SMILES string of the molecule is O=C(O)c1ccc(CN2C3=NCCN3c3ccccc32)cc1. The number of aromatic carboxylic acids is 1. The number of aliphatic imine (C=N–C) groups is 1. The molecule has 0 saturated carbocycles. The van der Waals surface area contributed by atoms with Crippen molar-refractivity contribution in [1.29, 1.82) is 0 Å². The van der Waals surface area contributed by atoms with Gasteiger partial charge in [-0.05, 0) is 29.8 Å². The Balaban J connectivity index is 1.66. The third-order valence-corrected chi connectivity index (χ3v) is 4.06. The van der Waals surface area contributed by atoms with Crippen molar-refractivity contribution in [2.45, 2.75) is 6.54 Å². The summed E-state index contributed by atoms with van der Waals surface area (Å²) in [6.07, 6.45) is 0. The molecule has 5 heteroatoms. The second-order valence-electron chi connectivity index (χ2n) is 5.41. The predicted molar refractivity (Wildman–Crippen MR) is 85.7 cm³/mol. The maximum absolute atomic E-state index is 10.9. The lowest BCUT2D eigenvalue weighted by Gasteiger charge is -2.19. The fourth-order valence-electron chi connectivity index (χ4n) is 3.01. The van der Waals surface area contributed by atoms with Gasteiger partial charge in [-0.2, -0.15) is 0 Å². The highest BCUT2D eigenvalue weighted by atomic mass is 16.4. The van der Waals surface area contributed by atoms with Gasteiger partial charge in [0.05, 0.1) is 30.0 Å². The van der Waals surface area contributed by atoms with Crippen molar-refractivity contribution in [2.75, 3.05) is 22.9 Å². The van der Waals surface area contributed by atoms with E-state index >= 15 is 0 Å². The Kier molecular flexibility index (Phi) is 2.85. The second kappa shape index (κ2) is 4.87. The number of benzene rings is 2. The third kappa shape index (κ3) is 1.94. The maximum Gasteiger partial charge on any atom is 0.335 e. The fraction of sp³-hybridized carbons (Fsp3) is 0.176. The number of anilines is 2. The molecule has 0 amide bonds. The molecular weight excluding hydrogens is 278 g/mol. The molecule has 0 radical (unpaired) electrons. The third-order valence-electron chi connectivity index (χ3n) is 4.06. The Hall–Kier alpha value is -2.82. The van der Waals surface area contributed by atoms with E-state index in [0.717, 1.165) is 30.3 Å². The molecule has 0 saturated heterocycles. The van der Waals surface area contributed by atoms with Gasteiger partial charge in [-0.25, -0.2) is 4.79 Å². The van der Waals surface area contributed by atoms with E-state index in [-0.39, 0.29) is 0 Å². The molecule has 0 bridgehead atoms. The normalized spacial score (nSPS) is 15.5. The summed E-state index contributed by atoms with van der Waals surface area (Å²) in [6.45, 7) is 2.42. The van der Waals surface area contributed by atoms with Crippen LogP contribution in [0.25, 0.3) is 0 Å². The zero-order valence-electron chi connectivity index (χ0n) is 11.9. The van der Waals surface area contributed by atoms with Crippen molar-refractivity contribution in [3.05, 3.63) is 59.7 Å². The van der Waals surface area contributed by atoms with Crippen molar-refractivity contribution in [3.63, 3.8) is 0 Å². The van der Waals surface area contributed by atoms with Gasteiger partial charge in [0.2, 0.25) is 5.96 Å². The number of carboxylic acids is 1. The molecule has 4 rings (SSSR count). The molecule has 2 heterocycles. The van der Waals surface area contributed by atoms with Crippen LogP contribution in [0.5, 0.6) is 0 Å². The summed E-state index contributed by atoms with van der Waals surface area (Å²) in [6, 6.07) is 15.3. The van der Waals surface area contributed by atoms with E-state index in [2.05, 4.69) is 26.9 Å². The number of carboxylic acid groups (broad SMARTS) is 1. The molecule has 0 aromatic heterocycles. The summed E-state index contributed by atoms with van der Waals surface area (Å²) in [5.41, 5.74) is 3.73. The van der Waals surface area contributed by atoms with Gasteiger partial charge in [-0.3, -0.25) is 4.99 Å². The Morgan fingerprint density at radius 2 is 1.82 bits per heavy atom. The van der Waals surface area contributed by atoms with Crippen LogP contribution in [-0.2, 0) is 6.54 Å². The van der Waals surface area contributed by atoms with Gasteiger partial charge in [-0.15, -0.1) is 0 Å². The van der Waals surface area contributed by atoms with Crippen molar-refractivity contribution >= 4 is 23.3 Å². The van der Waals surface area contributed by atoms with Gasteiger partial charge in [0.15, 0.2) is 0 Å². The zero-order chi connectivity index (χ0) is 15.1. The summed E-state index contributed by atoms with van der Waals surface area (Å²) < 4.78 is 0. The molecule has 22 heavy (non-hydrogen) atoms. The van der Waals surface area contributed by atoms with E-state index < -0.39 is 5.97 Å². The standard InChI is InChI=1S/C17H15N3O2/c21-16(22)13-7-5-12(6-8-13)11-20-15-4-2-1-3-14(15)19-10-9-18-17(19)20/h1-8H,9-11H2,(H,21,22). The molecule has 0 atom stereocenters. The number of fused-ring (bicyclic) bond motifs is 3. The summed E-state index contributed by atoms with van der Waals surface area (Å²) in [4.78, 5) is 20.0. The quantitative estimate of drug-likeness (QED) is 0.945. The summed E-state index contributed by atoms with van der Waals surface area (Å²) in [5.74, 6) is 0.0907. The predicted octanol–water partition coefficient (Wildman–Crippen LogP) is 2.58. The van der Waals surface area contributed by atoms with Gasteiger partial charge >= 0.3 is 5.97 Å². The summed E-state index contributed by atoms with van der Waals surface area (Å²) in [7, 11) is 0. The average molecular weight is 293 g/mol. The lowest BCUT2D eigenvalue weighted by Crippen LogP contribution is -2.34. The number of rotatable bonds is 3. The minimum absolute atomic E-state index is 0.311. The Bertz CT molecular complexity index is 768. The number of guanidine groups is 1. The molecule has 0 spiro atoms. The van der Waals surface area contributed by atoms with Gasteiger partial charge in [0.1, 0.15) is 0 Å². The second-order valence-corrected chi connectivity index (χ2v) is 5.41. The molecule has 0 fully saturated rings. The smallest absolute Gasteiger partial charge is 0.335 e. The van der Waals surface area contributed by atoms with Gasteiger partial charge in [0.25, 0.3) is 0 Å². The first-order chi connectivity index (χ1) is 10.7. The number of hydrogen-bond donors (Lipinski definition) is 1. The lowest BCUT2D eigenvalue weighted by molar-refractivity contribution is 0.0697. The first-order valence-corrected chi connectivity index (χ1v) is 7.25. The Labute approximate surface area is 128 Å². The largest absolute Gasteiger partial charge is 0.478 e. The van der Waals surface area contributed by atoms with Crippen LogP contribution in [0.1, 0.15) is 15.9 Å². The highest BCUT2D eigenvalue weighted by molar-refractivity contribution is 6.16. The molecule has 2 aromatic rings. The minimum Gasteiger partial charge on any atom is -0.478 e. The van der Waals surface area contributed by atoms with Gasteiger partial charge < -0.3 is 14.9 Å². The molecule has 2 aromatic carbocycles. The van der Waals surface area contributed by atoms with E-state index in [1.54, 1.807) is 12.1 Å². The van der Waals surface area contributed by atoms with Crippen molar-refractivity contribution in [3.8, 4) is 0 Å². The van der Waals surface area contributed by atoms with Crippen LogP contribution in [-0.4, -0.2) is 30.1 Å². The average Bonchev–Trinajstić information content (AvgIpc) is 3.11. The zero-order valence-corrected chi connectivity index (χ0v) is 11.9. The van der Waals surface area contributed by atoms with Crippen molar-refractivity contribution in [1.82, 2.24) is 0 Å². The highest BCUT2D eigenvalue weighted by Crippen LogP contribution is 2.39. The van der Waals surface area contributed by atoms with Crippen LogP contribution in [0, 0.1) is 0 Å². The molecule has 2 aliphatic heterocycles. The van der Waals surface area contributed by atoms with Crippen LogP contribution in [0.15, 0.2) is 53.5 Å². The molecule has 5 nitrogen and oxygen atoms in total. The van der Waals surface area contributed by atoms with Crippen LogP contribution < -0.4 is 9.80 Å². The van der Waals surface area contributed by atoms with Crippen molar-refractivity contribution < 1.29 is 9.90 Å². The topological polar surface area (TPSA) is 56.1 Å². The number of carbonyl (C=O) groups is 1. The Morgan fingerprint density at radius 3 is 2.55 bits per heavy atom. The Morgan fingerprint density at radius 1 is 1.09 bits per heavy atom.